The highest BCUT2D eigenvalue weighted by atomic mass is 32.1. The zero-order chi connectivity index (χ0) is 19.3. The smallest absolute Gasteiger partial charge is 0.267 e. The van der Waals surface area contributed by atoms with Crippen LogP contribution in [-0.4, -0.2) is 58.9 Å². The molecule has 0 aliphatic carbocycles. The van der Waals surface area contributed by atoms with Gasteiger partial charge >= 0.3 is 0 Å². The van der Waals surface area contributed by atoms with Gasteiger partial charge in [0.05, 0.1) is 6.20 Å². The number of hydrogen-bond acceptors (Lipinski definition) is 6. The second-order valence-electron chi connectivity index (χ2n) is 7.00. The van der Waals surface area contributed by atoms with Crippen LogP contribution >= 0.6 is 11.3 Å². The summed E-state index contributed by atoms with van der Waals surface area (Å²) in [6.07, 6.45) is 5.08. The molecular formula is C21H23N5OS. The fourth-order valence-corrected chi connectivity index (χ4v) is 4.03. The molecule has 1 saturated heterocycles. The average Bonchev–Trinajstić information content (AvgIpc) is 3.21. The van der Waals surface area contributed by atoms with E-state index in [2.05, 4.69) is 44.3 Å². The Balaban J connectivity index is 1.40. The number of nitrogens with zero attached hydrogens (tertiary/aromatic N) is 4. The number of amides is 1. The Morgan fingerprint density at radius 2 is 1.93 bits per heavy atom. The minimum Gasteiger partial charge on any atom is -0.321 e. The zero-order valence-electron chi connectivity index (χ0n) is 15.8. The molecule has 4 rings (SSSR count). The molecule has 1 aliphatic heterocycles. The highest BCUT2D eigenvalue weighted by molar-refractivity contribution is 7.17. The summed E-state index contributed by atoms with van der Waals surface area (Å²) >= 11 is 1.38. The molecule has 1 N–H and O–H groups in total. The number of anilines is 1. The van der Waals surface area contributed by atoms with E-state index in [-0.39, 0.29) is 5.91 Å². The second kappa shape index (κ2) is 8.60. The Labute approximate surface area is 168 Å². The van der Waals surface area contributed by atoms with Crippen molar-refractivity contribution in [1.82, 2.24) is 19.8 Å². The number of piperazine rings is 1. The predicted octanol–water partition coefficient (Wildman–Crippen LogP) is 3.20. The largest absolute Gasteiger partial charge is 0.321 e. The summed E-state index contributed by atoms with van der Waals surface area (Å²) < 4.78 is 0. The molecular weight excluding hydrogens is 370 g/mol. The Morgan fingerprint density at radius 1 is 1.14 bits per heavy atom. The van der Waals surface area contributed by atoms with E-state index < -0.39 is 0 Å². The molecule has 28 heavy (non-hydrogen) atoms. The molecule has 1 amide bonds. The third-order valence-electron chi connectivity index (χ3n) is 4.84. The molecule has 1 fully saturated rings. The lowest BCUT2D eigenvalue weighted by Crippen LogP contribution is -2.43. The topological polar surface area (TPSA) is 61.4 Å². The van der Waals surface area contributed by atoms with Crippen molar-refractivity contribution in [2.75, 3.05) is 38.5 Å². The molecule has 7 heteroatoms. The molecule has 3 aromatic rings. The first-order valence-corrected chi connectivity index (χ1v) is 10.2. The van der Waals surface area contributed by atoms with Crippen molar-refractivity contribution < 1.29 is 4.79 Å². The predicted molar refractivity (Wildman–Crippen MR) is 113 cm³/mol. The van der Waals surface area contributed by atoms with Crippen LogP contribution in [0, 0.1) is 0 Å². The molecule has 6 nitrogen and oxygen atoms in total. The van der Waals surface area contributed by atoms with Gasteiger partial charge in [-0.15, -0.1) is 11.3 Å². The van der Waals surface area contributed by atoms with Gasteiger partial charge in [0.2, 0.25) is 0 Å². The Morgan fingerprint density at radius 3 is 2.71 bits per heavy atom. The maximum absolute atomic E-state index is 12.6. The maximum Gasteiger partial charge on any atom is 0.267 e. The summed E-state index contributed by atoms with van der Waals surface area (Å²) in [6, 6.07) is 11.9. The van der Waals surface area contributed by atoms with Gasteiger partial charge in [-0.1, -0.05) is 12.1 Å². The fourth-order valence-electron chi connectivity index (χ4n) is 3.21. The molecule has 1 aliphatic rings. The van der Waals surface area contributed by atoms with Gasteiger partial charge in [0.15, 0.2) is 0 Å². The maximum atomic E-state index is 12.6. The number of rotatable bonds is 5. The van der Waals surface area contributed by atoms with E-state index in [0.717, 1.165) is 49.0 Å². The molecule has 3 heterocycles. The fraction of sp³-hybridized carbons (Fsp3) is 0.286. The quantitative estimate of drug-likeness (QED) is 0.721. The standard InChI is InChI=1S/C21H23N5OS/c1-25-9-11-26(12-10-25)15-16-3-2-4-18(13-16)24-20(27)19-14-23-21(28-19)17-5-7-22-8-6-17/h2-8,13-14H,9-12,15H2,1H3,(H,24,27). The van der Waals surface area contributed by atoms with E-state index in [1.807, 2.05) is 24.3 Å². The summed E-state index contributed by atoms with van der Waals surface area (Å²) in [5.41, 5.74) is 2.99. The third-order valence-corrected chi connectivity index (χ3v) is 5.89. The first-order valence-electron chi connectivity index (χ1n) is 9.35. The van der Waals surface area contributed by atoms with Gasteiger partial charge in [-0.25, -0.2) is 4.98 Å². The van der Waals surface area contributed by atoms with Crippen LogP contribution in [-0.2, 0) is 6.54 Å². The minimum absolute atomic E-state index is 0.130. The van der Waals surface area contributed by atoms with Gasteiger partial charge < -0.3 is 10.2 Å². The summed E-state index contributed by atoms with van der Waals surface area (Å²) in [7, 11) is 2.16. The van der Waals surface area contributed by atoms with Gasteiger partial charge in [-0.05, 0) is 36.9 Å². The normalized spacial score (nSPS) is 15.5. The van der Waals surface area contributed by atoms with Crippen molar-refractivity contribution in [2.24, 2.45) is 0 Å². The van der Waals surface area contributed by atoms with Gasteiger partial charge in [0, 0.05) is 56.4 Å². The van der Waals surface area contributed by atoms with Crippen LogP contribution < -0.4 is 5.32 Å². The molecule has 0 unspecified atom stereocenters. The second-order valence-corrected chi connectivity index (χ2v) is 8.03. The van der Waals surface area contributed by atoms with Crippen molar-refractivity contribution in [3.63, 3.8) is 0 Å². The van der Waals surface area contributed by atoms with E-state index >= 15 is 0 Å². The van der Waals surface area contributed by atoms with E-state index in [0.29, 0.717) is 4.88 Å². The molecule has 2 aromatic heterocycles. The zero-order valence-corrected chi connectivity index (χ0v) is 16.7. The molecule has 0 bridgehead atoms. The van der Waals surface area contributed by atoms with Crippen molar-refractivity contribution >= 4 is 22.9 Å². The SMILES string of the molecule is CN1CCN(Cc2cccc(NC(=O)c3cnc(-c4ccncc4)s3)c2)CC1. The third kappa shape index (κ3) is 4.62. The lowest BCUT2D eigenvalue weighted by molar-refractivity contribution is 0.103. The van der Waals surface area contributed by atoms with Crippen LogP contribution in [0.25, 0.3) is 10.6 Å². The lowest BCUT2D eigenvalue weighted by atomic mass is 10.1. The average molecular weight is 394 g/mol. The van der Waals surface area contributed by atoms with Gasteiger partial charge in [0.1, 0.15) is 9.88 Å². The van der Waals surface area contributed by atoms with Crippen molar-refractivity contribution in [1.29, 1.82) is 0 Å². The van der Waals surface area contributed by atoms with Crippen molar-refractivity contribution in [3.8, 4) is 10.6 Å². The summed E-state index contributed by atoms with van der Waals surface area (Å²) in [5, 5.41) is 3.82. The van der Waals surface area contributed by atoms with E-state index in [9.17, 15) is 4.79 Å². The molecule has 0 radical (unpaired) electrons. The van der Waals surface area contributed by atoms with Crippen LogP contribution in [0.2, 0.25) is 0 Å². The van der Waals surface area contributed by atoms with Gasteiger partial charge in [0.25, 0.3) is 5.91 Å². The Bertz CT molecular complexity index is 935. The summed E-state index contributed by atoms with van der Waals surface area (Å²) in [6.45, 7) is 5.25. The Hall–Kier alpha value is -2.61. The molecule has 144 valence electrons. The van der Waals surface area contributed by atoms with Crippen molar-refractivity contribution in [3.05, 3.63) is 65.4 Å². The monoisotopic (exact) mass is 393 g/mol. The lowest BCUT2D eigenvalue weighted by Gasteiger charge is -2.32. The number of hydrogen-bond donors (Lipinski definition) is 1. The van der Waals surface area contributed by atoms with Crippen LogP contribution in [0.3, 0.4) is 0 Å². The minimum atomic E-state index is -0.130. The number of benzene rings is 1. The first kappa shape index (κ1) is 18.7. The summed E-state index contributed by atoms with van der Waals surface area (Å²) in [4.78, 5) is 26.4. The van der Waals surface area contributed by atoms with E-state index in [4.69, 9.17) is 0 Å². The molecule has 0 atom stereocenters. The number of likely N-dealkylation sites (N-methyl/N-ethyl adjacent to an activating group) is 1. The number of carbonyl (C=O) groups is 1. The number of thiazole rings is 1. The molecule has 1 aromatic carbocycles. The van der Waals surface area contributed by atoms with Crippen LogP contribution in [0.15, 0.2) is 55.0 Å². The molecule has 0 saturated carbocycles. The highest BCUT2D eigenvalue weighted by Crippen LogP contribution is 2.25. The number of aromatic nitrogens is 2. The van der Waals surface area contributed by atoms with E-state index in [1.165, 1.54) is 16.9 Å². The first-order chi connectivity index (χ1) is 13.7. The Kier molecular flexibility index (Phi) is 5.76. The van der Waals surface area contributed by atoms with Gasteiger partial charge in [-0.3, -0.25) is 14.7 Å². The number of carbonyl (C=O) groups excluding carboxylic acids is 1. The van der Waals surface area contributed by atoms with Crippen LogP contribution in [0.4, 0.5) is 5.69 Å². The van der Waals surface area contributed by atoms with Crippen LogP contribution in [0.5, 0.6) is 0 Å². The number of pyridine rings is 1. The van der Waals surface area contributed by atoms with E-state index in [1.54, 1.807) is 18.6 Å². The number of nitrogens with one attached hydrogen (secondary N) is 1. The van der Waals surface area contributed by atoms with Gasteiger partial charge in [-0.2, -0.15) is 0 Å². The van der Waals surface area contributed by atoms with Crippen molar-refractivity contribution in [2.45, 2.75) is 6.54 Å². The summed E-state index contributed by atoms with van der Waals surface area (Å²) in [5.74, 6) is -0.130. The highest BCUT2D eigenvalue weighted by Gasteiger charge is 2.15. The molecule has 0 spiro atoms. The van der Waals surface area contributed by atoms with Crippen LogP contribution in [0.1, 0.15) is 15.2 Å².